The lowest BCUT2D eigenvalue weighted by molar-refractivity contribution is -0.141. The zero-order valence-corrected chi connectivity index (χ0v) is 13.5. The summed E-state index contributed by atoms with van der Waals surface area (Å²) in [6.07, 6.45) is 2.81. The van der Waals surface area contributed by atoms with Gasteiger partial charge in [-0.15, -0.1) is 0 Å². The first-order valence-corrected chi connectivity index (χ1v) is 8.69. The van der Waals surface area contributed by atoms with Crippen molar-refractivity contribution in [2.24, 2.45) is 5.41 Å². The lowest BCUT2D eigenvalue weighted by Crippen LogP contribution is -2.59. The molecule has 20 heavy (non-hydrogen) atoms. The quantitative estimate of drug-likeness (QED) is 0.750. The van der Waals surface area contributed by atoms with Crippen LogP contribution in [0.2, 0.25) is 0 Å². The zero-order valence-electron chi connectivity index (χ0n) is 12.7. The first-order chi connectivity index (χ1) is 9.42. The normalized spacial score (nSPS) is 32.3. The molecule has 2 saturated heterocycles. The predicted octanol–water partition coefficient (Wildman–Crippen LogP) is 0.700. The number of hydrogen-bond donors (Lipinski definition) is 0. The van der Waals surface area contributed by atoms with Crippen LogP contribution in [-0.2, 0) is 19.7 Å². The lowest BCUT2D eigenvalue weighted by atomic mass is 9.73. The highest BCUT2D eigenvalue weighted by Crippen LogP contribution is 2.41. The number of nitrogens with zero attached hydrogens (tertiary/aromatic N) is 2. The van der Waals surface area contributed by atoms with Crippen molar-refractivity contribution in [1.82, 2.24) is 8.61 Å². The Morgan fingerprint density at radius 3 is 2.85 bits per heavy atom. The molecule has 0 spiro atoms. The SMILES string of the molecule is CCOC[C@]12CCCO[C@H]1CCN(S(=O)(=O)N(C)C)C2. The van der Waals surface area contributed by atoms with E-state index < -0.39 is 10.2 Å². The van der Waals surface area contributed by atoms with Crippen molar-refractivity contribution in [2.75, 3.05) is 47.0 Å². The first kappa shape index (κ1) is 16.2. The minimum atomic E-state index is -3.36. The summed E-state index contributed by atoms with van der Waals surface area (Å²) < 4.78 is 39.1. The van der Waals surface area contributed by atoms with Gasteiger partial charge >= 0.3 is 0 Å². The van der Waals surface area contributed by atoms with Gasteiger partial charge in [0.2, 0.25) is 0 Å². The van der Waals surface area contributed by atoms with E-state index in [-0.39, 0.29) is 11.5 Å². The van der Waals surface area contributed by atoms with Crippen LogP contribution in [0.15, 0.2) is 0 Å². The van der Waals surface area contributed by atoms with Crippen LogP contribution >= 0.6 is 0 Å². The molecular weight excluding hydrogens is 280 g/mol. The van der Waals surface area contributed by atoms with Crippen LogP contribution < -0.4 is 0 Å². The van der Waals surface area contributed by atoms with Crippen molar-refractivity contribution in [2.45, 2.75) is 32.3 Å². The highest BCUT2D eigenvalue weighted by atomic mass is 32.2. The van der Waals surface area contributed by atoms with E-state index >= 15 is 0 Å². The summed E-state index contributed by atoms with van der Waals surface area (Å²) in [4.78, 5) is 0. The number of ether oxygens (including phenoxy) is 2. The molecule has 6 nitrogen and oxygen atoms in total. The van der Waals surface area contributed by atoms with E-state index in [1.165, 1.54) is 4.31 Å². The van der Waals surface area contributed by atoms with Gasteiger partial charge in [-0.3, -0.25) is 0 Å². The van der Waals surface area contributed by atoms with Crippen molar-refractivity contribution < 1.29 is 17.9 Å². The van der Waals surface area contributed by atoms with Crippen molar-refractivity contribution in [3.8, 4) is 0 Å². The molecule has 0 aliphatic carbocycles. The number of piperidine rings is 1. The Bertz CT molecular complexity index is 426. The fraction of sp³-hybridized carbons (Fsp3) is 1.00. The van der Waals surface area contributed by atoms with Gasteiger partial charge in [0.25, 0.3) is 10.2 Å². The summed E-state index contributed by atoms with van der Waals surface area (Å²) in [6.45, 7) is 4.99. The molecule has 7 heteroatoms. The molecule has 2 aliphatic rings. The molecule has 2 atom stereocenters. The van der Waals surface area contributed by atoms with Crippen LogP contribution in [0.25, 0.3) is 0 Å². The van der Waals surface area contributed by atoms with Gasteiger partial charge in [0.15, 0.2) is 0 Å². The highest BCUT2D eigenvalue weighted by molar-refractivity contribution is 7.86. The van der Waals surface area contributed by atoms with E-state index in [1.807, 2.05) is 6.92 Å². The molecule has 0 N–H and O–H groups in total. The lowest BCUT2D eigenvalue weighted by Gasteiger charge is -2.50. The molecular formula is C13H26N2O4S. The fourth-order valence-corrected chi connectivity index (χ4v) is 4.41. The van der Waals surface area contributed by atoms with Gasteiger partial charge in [-0.05, 0) is 26.2 Å². The van der Waals surface area contributed by atoms with Crippen molar-refractivity contribution in [3.63, 3.8) is 0 Å². The molecule has 0 unspecified atom stereocenters. The molecule has 0 bridgehead atoms. The van der Waals surface area contributed by atoms with E-state index in [9.17, 15) is 8.42 Å². The van der Waals surface area contributed by atoms with Crippen LogP contribution in [0.5, 0.6) is 0 Å². The summed E-state index contributed by atoms with van der Waals surface area (Å²) >= 11 is 0. The van der Waals surface area contributed by atoms with Gasteiger partial charge in [0.1, 0.15) is 0 Å². The topological polar surface area (TPSA) is 59.1 Å². The van der Waals surface area contributed by atoms with Gasteiger partial charge < -0.3 is 9.47 Å². The third kappa shape index (κ3) is 3.01. The van der Waals surface area contributed by atoms with Crippen LogP contribution in [0, 0.1) is 5.41 Å². The van der Waals surface area contributed by atoms with Crippen molar-refractivity contribution in [1.29, 1.82) is 0 Å². The average Bonchev–Trinajstić information content (AvgIpc) is 2.44. The molecule has 2 rings (SSSR count). The number of hydrogen-bond acceptors (Lipinski definition) is 4. The Labute approximate surface area is 122 Å². The third-order valence-electron chi connectivity index (χ3n) is 4.33. The van der Waals surface area contributed by atoms with Crippen LogP contribution in [0.3, 0.4) is 0 Å². The van der Waals surface area contributed by atoms with E-state index in [2.05, 4.69) is 0 Å². The van der Waals surface area contributed by atoms with Gasteiger partial charge in [-0.1, -0.05) is 0 Å². The summed E-state index contributed by atoms with van der Waals surface area (Å²) in [5, 5.41) is 0. The first-order valence-electron chi connectivity index (χ1n) is 7.29. The Kier molecular flexibility index (Phi) is 5.07. The second-order valence-electron chi connectivity index (χ2n) is 5.87. The van der Waals surface area contributed by atoms with E-state index in [0.29, 0.717) is 26.3 Å². The molecule has 0 aromatic carbocycles. The zero-order chi connectivity index (χ0) is 14.8. The Morgan fingerprint density at radius 1 is 1.45 bits per heavy atom. The second kappa shape index (κ2) is 6.27. The maximum absolute atomic E-state index is 12.3. The maximum Gasteiger partial charge on any atom is 0.281 e. The molecule has 0 aromatic heterocycles. The molecule has 2 fully saturated rings. The van der Waals surface area contributed by atoms with Gasteiger partial charge in [0.05, 0.1) is 12.7 Å². The summed E-state index contributed by atoms with van der Waals surface area (Å²) in [7, 11) is -0.203. The molecule has 2 aliphatic heterocycles. The summed E-state index contributed by atoms with van der Waals surface area (Å²) in [5.74, 6) is 0. The van der Waals surface area contributed by atoms with Crippen molar-refractivity contribution in [3.05, 3.63) is 0 Å². The Morgan fingerprint density at radius 2 is 2.20 bits per heavy atom. The van der Waals surface area contributed by atoms with E-state index in [1.54, 1.807) is 18.4 Å². The minimum Gasteiger partial charge on any atom is -0.381 e. The standard InChI is InChI=1S/C13H26N2O4S/c1-4-18-11-13-7-5-9-19-12(13)6-8-15(10-13)20(16,17)14(2)3/h12H,4-11H2,1-3H3/t12-,13+/m0/s1. The molecule has 0 saturated carbocycles. The number of fused-ring (bicyclic) bond motifs is 1. The monoisotopic (exact) mass is 306 g/mol. The van der Waals surface area contributed by atoms with Gasteiger partial charge in [-0.25, -0.2) is 0 Å². The smallest absolute Gasteiger partial charge is 0.281 e. The Hall–Kier alpha value is -0.210. The Balaban J connectivity index is 2.19. The highest BCUT2D eigenvalue weighted by Gasteiger charge is 2.48. The molecule has 0 amide bonds. The molecule has 0 aromatic rings. The van der Waals surface area contributed by atoms with Gasteiger partial charge in [-0.2, -0.15) is 17.0 Å². The van der Waals surface area contributed by atoms with E-state index in [0.717, 1.165) is 25.9 Å². The fourth-order valence-electron chi connectivity index (χ4n) is 3.19. The number of rotatable bonds is 5. The largest absolute Gasteiger partial charge is 0.381 e. The summed E-state index contributed by atoms with van der Waals surface area (Å²) in [5.41, 5.74) is -0.185. The second-order valence-corrected chi connectivity index (χ2v) is 8.02. The van der Waals surface area contributed by atoms with Crippen LogP contribution in [0.1, 0.15) is 26.2 Å². The minimum absolute atomic E-state index is 0.122. The molecule has 118 valence electrons. The predicted molar refractivity (Wildman–Crippen MR) is 76.7 cm³/mol. The average molecular weight is 306 g/mol. The molecule has 0 radical (unpaired) electrons. The van der Waals surface area contributed by atoms with E-state index in [4.69, 9.17) is 9.47 Å². The molecule has 2 heterocycles. The van der Waals surface area contributed by atoms with Crippen LogP contribution in [0.4, 0.5) is 0 Å². The maximum atomic E-state index is 12.3. The summed E-state index contributed by atoms with van der Waals surface area (Å²) in [6, 6.07) is 0. The van der Waals surface area contributed by atoms with Gasteiger partial charge in [0, 0.05) is 45.8 Å². The third-order valence-corrected chi connectivity index (χ3v) is 6.22. The van der Waals surface area contributed by atoms with Crippen molar-refractivity contribution >= 4 is 10.2 Å². The van der Waals surface area contributed by atoms with Crippen LogP contribution in [-0.4, -0.2) is 70.1 Å².